The number of rotatable bonds is 2. The molecule has 1 aromatic heterocycles. The largest absolute Gasteiger partial charge is 0.454 e. The third-order valence-corrected chi connectivity index (χ3v) is 3.31. The average Bonchev–Trinajstić information content (AvgIpc) is 2.93. The number of imidazole rings is 1. The van der Waals surface area contributed by atoms with Gasteiger partial charge >= 0.3 is 0 Å². The molecular formula is C13H14N2O2S. The lowest BCUT2D eigenvalue weighted by molar-refractivity contribution is 0.174. The summed E-state index contributed by atoms with van der Waals surface area (Å²) < 4.78 is 13.4. The highest BCUT2D eigenvalue weighted by atomic mass is 32.1. The predicted molar refractivity (Wildman–Crippen MR) is 71.2 cm³/mol. The number of ether oxygens (including phenoxy) is 2. The van der Waals surface area contributed by atoms with Crippen LogP contribution in [-0.2, 0) is 0 Å². The summed E-state index contributed by atoms with van der Waals surface area (Å²) in [7, 11) is 0. The second-order valence-electron chi connectivity index (χ2n) is 4.55. The number of benzene rings is 1. The van der Waals surface area contributed by atoms with E-state index in [0.29, 0.717) is 10.7 Å². The average molecular weight is 262 g/mol. The molecule has 18 heavy (non-hydrogen) atoms. The monoisotopic (exact) mass is 262 g/mol. The van der Waals surface area contributed by atoms with E-state index in [4.69, 9.17) is 21.7 Å². The third kappa shape index (κ3) is 1.71. The zero-order valence-electron chi connectivity index (χ0n) is 10.3. The van der Waals surface area contributed by atoms with Gasteiger partial charge in [-0.1, -0.05) is 13.8 Å². The minimum Gasteiger partial charge on any atom is -0.454 e. The molecule has 1 aromatic carbocycles. The quantitative estimate of drug-likeness (QED) is 0.843. The van der Waals surface area contributed by atoms with E-state index in [-0.39, 0.29) is 6.79 Å². The highest BCUT2D eigenvalue weighted by molar-refractivity contribution is 7.71. The molecule has 4 nitrogen and oxygen atoms in total. The summed E-state index contributed by atoms with van der Waals surface area (Å²) >= 11 is 5.34. The van der Waals surface area contributed by atoms with Gasteiger partial charge in [-0.15, -0.1) is 0 Å². The van der Waals surface area contributed by atoms with Gasteiger partial charge in [-0.25, -0.2) is 0 Å². The Bertz CT molecular complexity index is 643. The van der Waals surface area contributed by atoms with Gasteiger partial charge in [0.1, 0.15) is 0 Å². The van der Waals surface area contributed by atoms with Crippen molar-refractivity contribution < 1.29 is 9.47 Å². The van der Waals surface area contributed by atoms with Gasteiger partial charge in [0.05, 0.1) is 5.69 Å². The number of H-pyrrole nitrogens is 1. The van der Waals surface area contributed by atoms with Gasteiger partial charge in [0.15, 0.2) is 16.3 Å². The summed E-state index contributed by atoms with van der Waals surface area (Å²) in [5.41, 5.74) is 2.15. The van der Waals surface area contributed by atoms with Crippen LogP contribution in [0, 0.1) is 4.77 Å². The first kappa shape index (κ1) is 11.3. The van der Waals surface area contributed by atoms with Crippen molar-refractivity contribution in [1.82, 2.24) is 9.55 Å². The van der Waals surface area contributed by atoms with E-state index in [9.17, 15) is 0 Å². The Hall–Kier alpha value is -1.75. The zero-order chi connectivity index (χ0) is 12.7. The summed E-state index contributed by atoms with van der Waals surface area (Å²) in [6.07, 6.45) is 1.96. The van der Waals surface area contributed by atoms with E-state index < -0.39 is 0 Å². The van der Waals surface area contributed by atoms with Crippen LogP contribution < -0.4 is 9.47 Å². The molecule has 2 heterocycles. The van der Waals surface area contributed by atoms with E-state index in [1.165, 1.54) is 0 Å². The number of nitrogens with zero attached hydrogens (tertiary/aromatic N) is 1. The molecule has 3 rings (SSSR count). The molecule has 0 amide bonds. The minimum atomic E-state index is 0.286. The maximum atomic E-state index is 5.40. The topological polar surface area (TPSA) is 39.2 Å². The summed E-state index contributed by atoms with van der Waals surface area (Å²) in [4.78, 5) is 3.09. The Balaban J connectivity index is 2.15. The lowest BCUT2D eigenvalue weighted by Crippen LogP contribution is -2.01. The summed E-state index contributed by atoms with van der Waals surface area (Å²) in [5.74, 6) is 1.94. The van der Waals surface area contributed by atoms with Crippen LogP contribution in [0.25, 0.3) is 5.69 Å². The van der Waals surface area contributed by atoms with Gasteiger partial charge in [-0.2, -0.15) is 0 Å². The van der Waals surface area contributed by atoms with Crippen molar-refractivity contribution in [1.29, 1.82) is 0 Å². The molecule has 0 bridgehead atoms. The number of hydrogen-bond donors (Lipinski definition) is 1. The summed E-state index contributed by atoms with van der Waals surface area (Å²) in [6.45, 7) is 4.57. The van der Waals surface area contributed by atoms with E-state index in [1.54, 1.807) is 0 Å². The smallest absolute Gasteiger partial charge is 0.231 e. The second kappa shape index (κ2) is 4.17. The van der Waals surface area contributed by atoms with Crippen LogP contribution in [0.5, 0.6) is 11.5 Å². The number of aromatic nitrogens is 2. The first-order valence-corrected chi connectivity index (χ1v) is 6.28. The van der Waals surface area contributed by atoms with Crippen molar-refractivity contribution in [2.24, 2.45) is 0 Å². The predicted octanol–water partition coefficient (Wildman–Crippen LogP) is 3.39. The molecule has 2 aromatic rings. The number of nitrogens with one attached hydrogen (secondary N) is 1. The van der Waals surface area contributed by atoms with E-state index in [1.807, 2.05) is 29.0 Å². The molecule has 94 valence electrons. The molecule has 1 N–H and O–H groups in total. The molecule has 1 aliphatic heterocycles. The van der Waals surface area contributed by atoms with Crippen LogP contribution in [0.2, 0.25) is 0 Å². The highest BCUT2D eigenvalue weighted by Crippen LogP contribution is 2.34. The molecular weight excluding hydrogens is 248 g/mol. The van der Waals surface area contributed by atoms with Crippen LogP contribution >= 0.6 is 12.2 Å². The van der Waals surface area contributed by atoms with E-state index in [2.05, 4.69) is 18.8 Å². The molecule has 0 atom stereocenters. The fraction of sp³-hybridized carbons (Fsp3) is 0.308. The van der Waals surface area contributed by atoms with Crippen molar-refractivity contribution in [3.8, 4) is 17.2 Å². The van der Waals surface area contributed by atoms with Crippen LogP contribution in [0.3, 0.4) is 0 Å². The first-order valence-electron chi connectivity index (χ1n) is 5.87. The maximum absolute atomic E-state index is 5.40. The second-order valence-corrected chi connectivity index (χ2v) is 4.93. The van der Waals surface area contributed by atoms with Crippen LogP contribution in [0.4, 0.5) is 0 Å². The van der Waals surface area contributed by atoms with Crippen molar-refractivity contribution >= 4 is 12.2 Å². The van der Waals surface area contributed by atoms with Gasteiger partial charge in [0, 0.05) is 18.0 Å². The first-order chi connectivity index (χ1) is 8.66. The zero-order valence-corrected chi connectivity index (χ0v) is 11.1. The molecule has 0 radical (unpaired) electrons. The van der Waals surface area contributed by atoms with E-state index >= 15 is 0 Å². The van der Waals surface area contributed by atoms with Crippen LogP contribution in [-0.4, -0.2) is 16.3 Å². The highest BCUT2D eigenvalue weighted by Gasteiger charge is 2.16. The molecule has 0 saturated carbocycles. The third-order valence-electron chi connectivity index (χ3n) is 3.01. The molecule has 0 unspecified atom stereocenters. The fourth-order valence-corrected chi connectivity index (χ4v) is 2.37. The van der Waals surface area contributed by atoms with Crippen molar-refractivity contribution in [2.75, 3.05) is 6.79 Å². The Morgan fingerprint density at radius 2 is 2.06 bits per heavy atom. The van der Waals surface area contributed by atoms with Crippen molar-refractivity contribution in [3.63, 3.8) is 0 Å². The molecule has 0 saturated heterocycles. The maximum Gasteiger partial charge on any atom is 0.231 e. The van der Waals surface area contributed by atoms with Gasteiger partial charge in [-0.3, -0.25) is 4.57 Å². The molecule has 0 fully saturated rings. The Morgan fingerprint density at radius 1 is 1.28 bits per heavy atom. The van der Waals surface area contributed by atoms with Gasteiger partial charge in [0.2, 0.25) is 6.79 Å². The Kier molecular flexibility index (Phi) is 2.63. The molecule has 0 aliphatic carbocycles. The number of hydrogen-bond acceptors (Lipinski definition) is 3. The fourth-order valence-electron chi connectivity index (χ4n) is 2.10. The normalized spacial score (nSPS) is 13.3. The Morgan fingerprint density at radius 3 is 2.83 bits per heavy atom. The van der Waals surface area contributed by atoms with Crippen molar-refractivity contribution in [3.05, 3.63) is 34.9 Å². The van der Waals surface area contributed by atoms with Gasteiger partial charge in [-0.05, 0) is 30.3 Å². The van der Waals surface area contributed by atoms with Gasteiger partial charge in [0.25, 0.3) is 0 Å². The van der Waals surface area contributed by atoms with Crippen LogP contribution in [0.1, 0.15) is 25.5 Å². The summed E-state index contributed by atoms with van der Waals surface area (Å²) in [6, 6.07) is 5.86. The van der Waals surface area contributed by atoms with Crippen molar-refractivity contribution in [2.45, 2.75) is 19.8 Å². The minimum absolute atomic E-state index is 0.286. The van der Waals surface area contributed by atoms with Gasteiger partial charge < -0.3 is 14.5 Å². The molecule has 1 aliphatic rings. The number of aromatic amines is 1. The van der Waals surface area contributed by atoms with Crippen LogP contribution in [0.15, 0.2) is 24.4 Å². The molecule has 5 heteroatoms. The van der Waals surface area contributed by atoms with E-state index in [0.717, 1.165) is 22.9 Å². The lowest BCUT2D eigenvalue weighted by Gasteiger charge is -2.11. The Labute approximate surface area is 110 Å². The standard InChI is InChI=1S/C13H14N2O2S/c1-8(2)10-6-14-13(18)15(10)9-3-4-11-12(5-9)17-7-16-11/h3-6,8H,7H2,1-2H3,(H,14,18). The summed E-state index contributed by atoms with van der Waals surface area (Å²) in [5, 5.41) is 0. The number of fused-ring (bicyclic) bond motifs is 1. The lowest BCUT2D eigenvalue weighted by atomic mass is 10.1. The SMILES string of the molecule is CC(C)c1c[nH]c(=S)n1-c1ccc2c(c1)OCO2. The molecule has 0 spiro atoms.